The lowest BCUT2D eigenvalue weighted by Crippen LogP contribution is -2.50. The van der Waals surface area contributed by atoms with Crippen LogP contribution in [0, 0.1) is 17.1 Å². The van der Waals surface area contributed by atoms with Crippen molar-refractivity contribution in [2.45, 2.75) is 56.9 Å². The van der Waals surface area contributed by atoms with Gasteiger partial charge in [0.05, 0.1) is 11.6 Å². The Morgan fingerprint density at radius 3 is 2.80 bits per heavy atom. The molecular formula is C19H21FN2O3. The Bertz CT molecular complexity index is 748. The van der Waals surface area contributed by atoms with Crippen LogP contribution in [0.4, 0.5) is 4.39 Å². The van der Waals surface area contributed by atoms with Crippen LogP contribution < -0.4 is 10.1 Å². The molecule has 1 N–H and O–H groups in total. The summed E-state index contributed by atoms with van der Waals surface area (Å²) in [7, 11) is 0. The number of fused-ring (bicyclic) bond motifs is 1. The number of amides is 1. The fourth-order valence-corrected chi connectivity index (χ4v) is 3.81. The molecule has 0 saturated heterocycles. The van der Waals surface area contributed by atoms with Gasteiger partial charge in [-0.05, 0) is 30.9 Å². The molecule has 0 aliphatic heterocycles. The van der Waals surface area contributed by atoms with Gasteiger partial charge < -0.3 is 10.1 Å². The maximum atomic E-state index is 14.0. The van der Waals surface area contributed by atoms with E-state index in [0.29, 0.717) is 18.4 Å². The van der Waals surface area contributed by atoms with Gasteiger partial charge in [-0.2, -0.15) is 5.26 Å². The van der Waals surface area contributed by atoms with Crippen molar-refractivity contribution in [3.8, 4) is 11.8 Å². The van der Waals surface area contributed by atoms with Crippen LogP contribution in [0.2, 0.25) is 0 Å². The van der Waals surface area contributed by atoms with Gasteiger partial charge in [0.1, 0.15) is 17.1 Å². The number of carbonyl (C=O) groups is 2. The lowest BCUT2D eigenvalue weighted by molar-refractivity contribution is -0.124. The molecule has 1 aromatic carbocycles. The zero-order valence-electron chi connectivity index (χ0n) is 14.2. The molecule has 5 nitrogen and oxygen atoms in total. The minimum absolute atomic E-state index is 0.168. The smallest absolute Gasteiger partial charge is 0.259 e. The summed E-state index contributed by atoms with van der Waals surface area (Å²) in [6.45, 7) is 1.49. The summed E-state index contributed by atoms with van der Waals surface area (Å²) in [4.78, 5) is 24.3. The standard InChI is InChI=1S/C19H21FN2O3/c1-12-9-14(23)18-15(6-5-13(20)17(12)18)25-10-16(24)22-19(11-21)7-3-2-4-8-19/h5-6,12H,2-4,7-10H2,1H3,(H,22,24)/t12-/m1/s1. The summed E-state index contributed by atoms with van der Waals surface area (Å²) in [6, 6.07) is 4.87. The first-order valence-corrected chi connectivity index (χ1v) is 8.66. The summed E-state index contributed by atoms with van der Waals surface area (Å²) in [5, 5.41) is 12.2. The largest absolute Gasteiger partial charge is 0.483 e. The quantitative estimate of drug-likeness (QED) is 0.909. The Morgan fingerprint density at radius 2 is 2.12 bits per heavy atom. The Labute approximate surface area is 146 Å². The van der Waals surface area contributed by atoms with Gasteiger partial charge in [0.25, 0.3) is 5.91 Å². The number of nitriles is 1. The molecule has 132 valence electrons. The van der Waals surface area contributed by atoms with Crippen LogP contribution in [0.5, 0.6) is 5.75 Å². The number of Topliss-reactive ketones (excluding diaryl/α,β-unsaturated/α-hetero) is 1. The van der Waals surface area contributed by atoms with E-state index in [0.717, 1.165) is 19.3 Å². The Morgan fingerprint density at radius 1 is 1.40 bits per heavy atom. The normalized spacial score (nSPS) is 21.3. The molecule has 0 unspecified atom stereocenters. The lowest BCUT2D eigenvalue weighted by atomic mass is 9.83. The van der Waals surface area contributed by atoms with E-state index in [4.69, 9.17) is 4.74 Å². The molecule has 1 atom stereocenters. The SMILES string of the molecule is C[C@@H]1CC(=O)c2c(OCC(=O)NC3(C#N)CCCCC3)ccc(F)c21. The molecule has 0 heterocycles. The lowest BCUT2D eigenvalue weighted by Gasteiger charge is -2.31. The molecule has 1 amide bonds. The minimum Gasteiger partial charge on any atom is -0.483 e. The molecule has 2 aliphatic carbocycles. The molecule has 1 aromatic rings. The summed E-state index contributed by atoms with van der Waals surface area (Å²) in [5.41, 5.74) is -0.218. The first-order chi connectivity index (χ1) is 12.0. The highest BCUT2D eigenvalue weighted by Crippen LogP contribution is 2.39. The second-order valence-corrected chi connectivity index (χ2v) is 6.95. The third kappa shape index (κ3) is 3.37. The van der Waals surface area contributed by atoms with Crippen LogP contribution in [0.25, 0.3) is 0 Å². The molecule has 25 heavy (non-hydrogen) atoms. The van der Waals surface area contributed by atoms with Gasteiger partial charge in [0, 0.05) is 12.0 Å². The molecule has 0 aromatic heterocycles. The number of nitrogens with zero attached hydrogens (tertiary/aromatic N) is 1. The van der Waals surface area contributed by atoms with Crippen molar-refractivity contribution in [3.05, 3.63) is 29.1 Å². The van der Waals surface area contributed by atoms with E-state index in [2.05, 4.69) is 11.4 Å². The van der Waals surface area contributed by atoms with Gasteiger partial charge in [0.2, 0.25) is 0 Å². The topological polar surface area (TPSA) is 79.2 Å². The van der Waals surface area contributed by atoms with Gasteiger partial charge >= 0.3 is 0 Å². The van der Waals surface area contributed by atoms with Crippen molar-refractivity contribution in [2.24, 2.45) is 0 Å². The number of carbonyl (C=O) groups excluding carboxylic acids is 2. The number of hydrogen-bond donors (Lipinski definition) is 1. The molecule has 6 heteroatoms. The predicted molar refractivity (Wildman–Crippen MR) is 88.8 cm³/mol. The number of rotatable bonds is 4. The van der Waals surface area contributed by atoms with Gasteiger partial charge in [-0.3, -0.25) is 9.59 Å². The average Bonchev–Trinajstić information content (AvgIpc) is 2.91. The zero-order chi connectivity index (χ0) is 18.0. The summed E-state index contributed by atoms with van der Waals surface area (Å²) in [6.07, 6.45) is 4.40. The van der Waals surface area contributed by atoms with E-state index in [9.17, 15) is 19.2 Å². The van der Waals surface area contributed by atoms with Gasteiger partial charge in [0.15, 0.2) is 12.4 Å². The van der Waals surface area contributed by atoms with Crippen LogP contribution in [0.1, 0.15) is 67.3 Å². The highest BCUT2D eigenvalue weighted by molar-refractivity contribution is 6.03. The minimum atomic E-state index is -0.826. The molecule has 0 bridgehead atoms. The Hall–Kier alpha value is -2.42. The number of benzene rings is 1. The van der Waals surface area contributed by atoms with Crippen molar-refractivity contribution >= 4 is 11.7 Å². The third-order valence-electron chi connectivity index (χ3n) is 5.08. The van der Waals surface area contributed by atoms with Crippen LogP contribution in [0.3, 0.4) is 0 Å². The van der Waals surface area contributed by atoms with E-state index in [1.54, 1.807) is 6.92 Å². The van der Waals surface area contributed by atoms with Gasteiger partial charge in [-0.15, -0.1) is 0 Å². The van der Waals surface area contributed by atoms with Crippen LogP contribution in [0.15, 0.2) is 12.1 Å². The Balaban J connectivity index is 1.69. The van der Waals surface area contributed by atoms with Crippen molar-refractivity contribution in [1.82, 2.24) is 5.32 Å². The van der Waals surface area contributed by atoms with E-state index >= 15 is 0 Å². The van der Waals surface area contributed by atoms with Gasteiger partial charge in [-0.1, -0.05) is 26.2 Å². The third-order valence-corrected chi connectivity index (χ3v) is 5.08. The average molecular weight is 344 g/mol. The number of ether oxygens (including phenoxy) is 1. The van der Waals surface area contributed by atoms with Crippen molar-refractivity contribution < 1.29 is 18.7 Å². The monoisotopic (exact) mass is 344 g/mol. The van der Waals surface area contributed by atoms with Crippen molar-refractivity contribution in [1.29, 1.82) is 5.26 Å². The van der Waals surface area contributed by atoms with Crippen molar-refractivity contribution in [3.63, 3.8) is 0 Å². The number of nitrogens with one attached hydrogen (secondary N) is 1. The van der Waals surface area contributed by atoms with E-state index in [1.165, 1.54) is 12.1 Å². The molecule has 0 radical (unpaired) electrons. The fourth-order valence-electron chi connectivity index (χ4n) is 3.81. The van der Waals surface area contributed by atoms with E-state index in [-0.39, 0.29) is 36.0 Å². The van der Waals surface area contributed by atoms with E-state index in [1.807, 2.05) is 0 Å². The zero-order valence-corrected chi connectivity index (χ0v) is 14.2. The number of ketones is 1. The fraction of sp³-hybridized carbons (Fsp3) is 0.526. The molecule has 2 aliphatic rings. The maximum absolute atomic E-state index is 14.0. The van der Waals surface area contributed by atoms with Crippen molar-refractivity contribution in [2.75, 3.05) is 6.61 Å². The van der Waals surface area contributed by atoms with Crippen LogP contribution in [-0.2, 0) is 4.79 Å². The molecule has 3 rings (SSSR count). The van der Waals surface area contributed by atoms with Crippen LogP contribution >= 0.6 is 0 Å². The number of halogens is 1. The Kier molecular flexibility index (Phi) is 4.76. The maximum Gasteiger partial charge on any atom is 0.259 e. The second kappa shape index (κ2) is 6.83. The number of hydrogen-bond acceptors (Lipinski definition) is 4. The molecule has 1 saturated carbocycles. The summed E-state index contributed by atoms with van der Waals surface area (Å²) >= 11 is 0. The molecule has 0 spiro atoms. The summed E-state index contributed by atoms with van der Waals surface area (Å²) < 4.78 is 19.5. The predicted octanol–water partition coefficient (Wildman–Crippen LogP) is 3.24. The first-order valence-electron chi connectivity index (χ1n) is 8.66. The highest BCUT2D eigenvalue weighted by Gasteiger charge is 2.35. The van der Waals surface area contributed by atoms with Gasteiger partial charge in [-0.25, -0.2) is 4.39 Å². The first kappa shape index (κ1) is 17.4. The highest BCUT2D eigenvalue weighted by atomic mass is 19.1. The summed E-state index contributed by atoms with van der Waals surface area (Å²) in [5.74, 6) is -0.950. The molecule has 1 fully saturated rings. The van der Waals surface area contributed by atoms with Crippen LogP contribution in [-0.4, -0.2) is 23.8 Å². The second-order valence-electron chi connectivity index (χ2n) is 6.95. The molecular weight excluding hydrogens is 323 g/mol. The van der Waals surface area contributed by atoms with E-state index < -0.39 is 17.3 Å².